The number of benzene rings is 3. The first kappa shape index (κ1) is 23.7. The molecule has 3 aromatic carbocycles. The van der Waals surface area contributed by atoms with Gasteiger partial charge in [-0.1, -0.05) is 18.2 Å². The van der Waals surface area contributed by atoms with Crippen LogP contribution < -0.4 is 25.1 Å². The van der Waals surface area contributed by atoms with E-state index in [1.54, 1.807) is 7.11 Å². The Bertz CT molecular complexity index is 1510. The number of aryl methyl sites for hydroxylation is 2. The highest BCUT2D eigenvalue weighted by Gasteiger charge is 2.18. The van der Waals surface area contributed by atoms with E-state index in [1.165, 1.54) is 0 Å². The second kappa shape index (κ2) is 9.91. The number of thiocarbonyl (C=S) groups is 1. The fourth-order valence-electron chi connectivity index (χ4n) is 4.40. The molecule has 8 heteroatoms. The normalized spacial score (nSPS) is 12.0. The van der Waals surface area contributed by atoms with Crippen LogP contribution in [0.4, 0.5) is 5.69 Å². The molecule has 184 valence electrons. The van der Waals surface area contributed by atoms with E-state index in [-0.39, 0.29) is 12.4 Å². The molecule has 1 aliphatic rings. The third-order valence-electron chi connectivity index (χ3n) is 6.17. The van der Waals surface area contributed by atoms with Crippen molar-refractivity contribution in [3.63, 3.8) is 0 Å². The van der Waals surface area contributed by atoms with Crippen LogP contribution in [0.25, 0.3) is 10.9 Å². The number of rotatable bonds is 6. The van der Waals surface area contributed by atoms with Crippen LogP contribution in [0.2, 0.25) is 0 Å². The fraction of sp³-hybridized carbons (Fsp3) is 0.214. The third-order valence-corrected chi connectivity index (χ3v) is 6.53. The Hall–Kier alpha value is -4.04. The smallest absolute Gasteiger partial charge is 0.253 e. The summed E-state index contributed by atoms with van der Waals surface area (Å²) in [5.41, 5.74) is 5.34. The van der Waals surface area contributed by atoms with Gasteiger partial charge in [-0.3, -0.25) is 4.79 Å². The summed E-state index contributed by atoms with van der Waals surface area (Å²) in [7, 11) is 1.62. The number of methoxy groups -OCH3 is 1. The van der Waals surface area contributed by atoms with Crippen LogP contribution in [0.15, 0.2) is 65.5 Å². The van der Waals surface area contributed by atoms with E-state index in [2.05, 4.69) is 23.3 Å². The molecule has 0 bridgehead atoms. The van der Waals surface area contributed by atoms with E-state index in [0.29, 0.717) is 29.5 Å². The van der Waals surface area contributed by atoms with Crippen molar-refractivity contribution in [2.45, 2.75) is 26.9 Å². The molecule has 0 radical (unpaired) electrons. The zero-order valence-electron chi connectivity index (χ0n) is 20.4. The maximum absolute atomic E-state index is 13.1. The number of ether oxygens (including phenoxy) is 3. The first-order valence-electron chi connectivity index (χ1n) is 11.6. The first-order valence-corrected chi connectivity index (χ1v) is 12.0. The number of nitrogens with one attached hydrogen (secondary N) is 2. The highest BCUT2D eigenvalue weighted by Crippen LogP contribution is 2.33. The second-order valence-corrected chi connectivity index (χ2v) is 9.26. The van der Waals surface area contributed by atoms with Gasteiger partial charge in [0, 0.05) is 34.8 Å². The summed E-state index contributed by atoms with van der Waals surface area (Å²) in [6.07, 6.45) is 0. The number of aromatic nitrogens is 1. The number of hydrogen-bond donors (Lipinski definition) is 2. The highest BCUT2D eigenvalue weighted by molar-refractivity contribution is 7.80. The molecule has 2 N–H and O–H groups in total. The van der Waals surface area contributed by atoms with Crippen molar-refractivity contribution in [2.24, 2.45) is 0 Å². The van der Waals surface area contributed by atoms with Gasteiger partial charge in [0.15, 0.2) is 16.6 Å². The van der Waals surface area contributed by atoms with Crippen LogP contribution >= 0.6 is 12.2 Å². The minimum Gasteiger partial charge on any atom is -0.497 e. The van der Waals surface area contributed by atoms with Crippen LogP contribution in [0.3, 0.4) is 0 Å². The molecule has 0 atom stereocenters. The minimum absolute atomic E-state index is 0.132. The first-order chi connectivity index (χ1) is 17.4. The summed E-state index contributed by atoms with van der Waals surface area (Å²) in [5, 5.41) is 4.80. The molecular formula is C28H27N3O4S. The zero-order chi connectivity index (χ0) is 25.2. The van der Waals surface area contributed by atoms with Crippen molar-refractivity contribution in [1.29, 1.82) is 0 Å². The number of H-pyrrole nitrogens is 1. The van der Waals surface area contributed by atoms with Crippen LogP contribution in [-0.4, -0.2) is 28.9 Å². The largest absolute Gasteiger partial charge is 0.497 e. The van der Waals surface area contributed by atoms with Gasteiger partial charge in [0.2, 0.25) is 6.79 Å². The number of fused-ring (bicyclic) bond motifs is 2. The maximum atomic E-state index is 13.1. The Balaban J connectivity index is 1.48. The molecule has 1 aromatic heterocycles. The predicted octanol–water partition coefficient (Wildman–Crippen LogP) is 5.28. The predicted molar refractivity (Wildman–Crippen MR) is 145 cm³/mol. The molecule has 0 unspecified atom stereocenters. The maximum Gasteiger partial charge on any atom is 0.253 e. The summed E-state index contributed by atoms with van der Waals surface area (Å²) >= 11 is 5.82. The molecule has 4 aromatic rings. The molecule has 0 saturated heterocycles. The molecule has 0 saturated carbocycles. The van der Waals surface area contributed by atoms with Crippen molar-refractivity contribution in [2.75, 3.05) is 19.2 Å². The van der Waals surface area contributed by atoms with Crippen molar-refractivity contribution in [3.05, 3.63) is 93.3 Å². The van der Waals surface area contributed by atoms with Crippen LogP contribution in [-0.2, 0) is 13.1 Å². The second-order valence-electron chi connectivity index (χ2n) is 8.87. The summed E-state index contributed by atoms with van der Waals surface area (Å²) in [4.78, 5) is 18.1. The SMILES string of the molecule is COc1cccc(NC(=S)N(Cc2ccc3c(c2)OCO3)Cc2cc3c(C)cc(C)cc3[nH]c2=O)c1. The quantitative estimate of drug-likeness (QED) is 0.348. The highest BCUT2D eigenvalue weighted by atomic mass is 32.1. The number of aromatic amines is 1. The van der Waals surface area contributed by atoms with E-state index in [9.17, 15) is 4.79 Å². The van der Waals surface area contributed by atoms with Gasteiger partial charge in [-0.2, -0.15) is 0 Å². The average Bonchev–Trinajstić information content (AvgIpc) is 3.32. The van der Waals surface area contributed by atoms with Crippen LogP contribution in [0.5, 0.6) is 17.2 Å². The Morgan fingerprint density at radius 1 is 1.06 bits per heavy atom. The topological polar surface area (TPSA) is 75.8 Å². The Morgan fingerprint density at radius 3 is 2.72 bits per heavy atom. The van der Waals surface area contributed by atoms with E-state index in [0.717, 1.165) is 44.8 Å². The third kappa shape index (κ3) is 4.99. The summed E-state index contributed by atoms with van der Waals surface area (Å²) in [5.74, 6) is 2.15. The Labute approximate surface area is 214 Å². The molecule has 2 heterocycles. The van der Waals surface area contributed by atoms with Crippen molar-refractivity contribution in [3.8, 4) is 17.2 Å². The van der Waals surface area contributed by atoms with Gasteiger partial charge in [0.05, 0.1) is 13.7 Å². The van der Waals surface area contributed by atoms with Gasteiger partial charge in [-0.15, -0.1) is 0 Å². The summed E-state index contributed by atoms with van der Waals surface area (Å²) in [6, 6.07) is 19.4. The number of hydrogen-bond acceptors (Lipinski definition) is 5. The van der Waals surface area contributed by atoms with Gasteiger partial charge in [-0.25, -0.2) is 0 Å². The number of nitrogens with zero attached hydrogens (tertiary/aromatic N) is 1. The minimum atomic E-state index is -0.132. The molecule has 36 heavy (non-hydrogen) atoms. The molecule has 5 rings (SSSR count). The van der Waals surface area contributed by atoms with Crippen molar-refractivity contribution >= 4 is 33.9 Å². The molecule has 1 aliphatic heterocycles. The van der Waals surface area contributed by atoms with Gasteiger partial charge in [0.1, 0.15) is 5.75 Å². The lowest BCUT2D eigenvalue weighted by Crippen LogP contribution is -2.35. The molecule has 0 amide bonds. The Kier molecular flexibility index (Phi) is 6.52. The molecule has 7 nitrogen and oxygen atoms in total. The molecule has 0 spiro atoms. The van der Waals surface area contributed by atoms with E-state index in [1.807, 2.05) is 66.4 Å². The lowest BCUT2D eigenvalue weighted by molar-refractivity contribution is 0.174. The van der Waals surface area contributed by atoms with Gasteiger partial charge >= 0.3 is 0 Å². The Morgan fingerprint density at radius 2 is 1.89 bits per heavy atom. The van der Waals surface area contributed by atoms with E-state index >= 15 is 0 Å². The monoisotopic (exact) mass is 501 g/mol. The lowest BCUT2D eigenvalue weighted by atomic mass is 10.0. The van der Waals surface area contributed by atoms with Crippen molar-refractivity contribution in [1.82, 2.24) is 9.88 Å². The zero-order valence-corrected chi connectivity index (χ0v) is 21.2. The van der Waals surface area contributed by atoms with Gasteiger partial charge < -0.3 is 29.4 Å². The van der Waals surface area contributed by atoms with Gasteiger partial charge in [-0.05, 0) is 79.2 Å². The van der Waals surface area contributed by atoms with Gasteiger partial charge in [0.25, 0.3) is 5.56 Å². The van der Waals surface area contributed by atoms with E-state index in [4.69, 9.17) is 26.4 Å². The standard InChI is InChI=1S/C28H27N3O4S/c1-17-9-18(2)23-12-20(27(32)30-24(23)10-17)15-31(14-19-7-8-25-26(11-19)35-16-34-25)28(36)29-21-5-4-6-22(13-21)33-3/h4-13H,14-16H2,1-3H3,(H,29,36)(H,30,32). The number of anilines is 1. The fourth-order valence-corrected chi connectivity index (χ4v) is 4.65. The van der Waals surface area contributed by atoms with Crippen LogP contribution in [0, 0.1) is 13.8 Å². The molecule has 0 fully saturated rings. The van der Waals surface area contributed by atoms with Crippen molar-refractivity contribution < 1.29 is 14.2 Å². The lowest BCUT2D eigenvalue weighted by Gasteiger charge is -2.26. The van der Waals surface area contributed by atoms with E-state index < -0.39 is 0 Å². The molecular weight excluding hydrogens is 474 g/mol. The average molecular weight is 502 g/mol. The summed E-state index contributed by atoms with van der Waals surface area (Å²) in [6.45, 7) is 5.08. The summed E-state index contributed by atoms with van der Waals surface area (Å²) < 4.78 is 16.3. The molecule has 0 aliphatic carbocycles. The number of pyridine rings is 1. The van der Waals surface area contributed by atoms with Crippen LogP contribution in [0.1, 0.15) is 22.3 Å².